The number of rotatable bonds is 4. The summed E-state index contributed by atoms with van der Waals surface area (Å²) in [6.45, 7) is 6.56. The monoisotopic (exact) mass is 236 g/mol. The molecule has 5 heteroatoms. The largest absolute Gasteiger partial charge is 0.391 e. The molecule has 1 unspecified atom stereocenters. The zero-order valence-electron chi connectivity index (χ0n) is 10.5. The molecule has 0 saturated carbocycles. The maximum absolute atomic E-state index is 9.60. The fourth-order valence-electron chi connectivity index (χ4n) is 2.26. The van der Waals surface area contributed by atoms with Crippen molar-refractivity contribution in [3.63, 3.8) is 0 Å². The molecule has 0 aliphatic carbocycles. The molecule has 1 aliphatic rings. The van der Waals surface area contributed by atoms with Gasteiger partial charge in [-0.15, -0.1) is 0 Å². The third-order valence-electron chi connectivity index (χ3n) is 3.08. The molecule has 1 aromatic rings. The van der Waals surface area contributed by atoms with Gasteiger partial charge in [-0.2, -0.15) is 0 Å². The molecule has 2 N–H and O–H groups in total. The number of anilines is 2. The number of nitrogens with one attached hydrogen (secondary N) is 1. The second-order valence-corrected chi connectivity index (χ2v) is 4.30. The van der Waals surface area contributed by atoms with Crippen molar-refractivity contribution in [1.82, 2.24) is 9.97 Å². The maximum atomic E-state index is 9.60. The SMILES string of the molecule is CCNc1ncnc(N2CCC(O)C2)c1CC. The van der Waals surface area contributed by atoms with E-state index in [1.165, 1.54) is 0 Å². The minimum Gasteiger partial charge on any atom is -0.391 e. The molecular formula is C12H20N4O. The van der Waals surface area contributed by atoms with Gasteiger partial charge in [0.1, 0.15) is 18.0 Å². The first-order valence-corrected chi connectivity index (χ1v) is 6.27. The number of hydrogen-bond acceptors (Lipinski definition) is 5. The predicted octanol–water partition coefficient (Wildman–Crippen LogP) is 1.04. The van der Waals surface area contributed by atoms with E-state index in [4.69, 9.17) is 0 Å². The van der Waals surface area contributed by atoms with E-state index in [1.54, 1.807) is 6.33 Å². The Morgan fingerprint density at radius 2 is 2.29 bits per heavy atom. The number of β-amino-alcohol motifs (C(OH)–C–C–N with tert-alkyl or cyclic N) is 1. The molecule has 1 saturated heterocycles. The molecular weight excluding hydrogens is 216 g/mol. The molecule has 5 nitrogen and oxygen atoms in total. The second kappa shape index (κ2) is 5.31. The normalized spacial score (nSPS) is 19.7. The first-order valence-electron chi connectivity index (χ1n) is 6.27. The highest BCUT2D eigenvalue weighted by Gasteiger charge is 2.24. The maximum Gasteiger partial charge on any atom is 0.137 e. The van der Waals surface area contributed by atoms with Gasteiger partial charge in [0.15, 0.2) is 0 Å². The molecule has 94 valence electrons. The molecule has 0 aromatic carbocycles. The Balaban J connectivity index is 2.29. The third kappa shape index (κ3) is 2.49. The molecule has 1 aromatic heterocycles. The summed E-state index contributed by atoms with van der Waals surface area (Å²) in [6.07, 6.45) is 3.09. The van der Waals surface area contributed by atoms with Gasteiger partial charge in [-0.3, -0.25) is 0 Å². The molecule has 0 spiro atoms. The van der Waals surface area contributed by atoms with Gasteiger partial charge < -0.3 is 15.3 Å². The van der Waals surface area contributed by atoms with Crippen LogP contribution < -0.4 is 10.2 Å². The number of aliphatic hydroxyl groups excluding tert-OH is 1. The fraction of sp³-hybridized carbons (Fsp3) is 0.667. The van der Waals surface area contributed by atoms with E-state index in [0.29, 0.717) is 6.54 Å². The Morgan fingerprint density at radius 3 is 2.88 bits per heavy atom. The van der Waals surface area contributed by atoms with Crippen LogP contribution in [0.15, 0.2) is 6.33 Å². The van der Waals surface area contributed by atoms with Crippen LogP contribution in [0.2, 0.25) is 0 Å². The molecule has 1 fully saturated rings. The summed E-state index contributed by atoms with van der Waals surface area (Å²) in [4.78, 5) is 10.8. The molecule has 1 aliphatic heterocycles. The van der Waals surface area contributed by atoms with Crippen molar-refractivity contribution in [2.45, 2.75) is 32.8 Å². The van der Waals surface area contributed by atoms with Crippen molar-refractivity contribution in [1.29, 1.82) is 0 Å². The van der Waals surface area contributed by atoms with E-state index in [9.17, 15) is 5.11 Å². The highest BCUT2D eigenvalue weighted by molar-refractivity contribution is 5.59. The van der Waals surface area contributed by atoms with E-state index in [-0.39, 0.29) is 6.10 Å². The van der Waals surface area contributed by atoms with Crippen LogP contribution in [0.4, 0.5) is 11.6 Å². The molecule has 0 bridgehead atoms. The van der Waals surface area contributed by atoms with Gasteiger partial charge >= 0.3 is 0 Å². The van der Waals surface area contributed by atoms with Gasteiger partial charge in [-0.25, -0.2) is 9.97 Å². The van der Waals surface area contributed by atoms with Crippen LogP contribution in [0.1, 0.15) is 25.8 Å². The summed E-state index contributed by atoms with van der Waals surface area (Å²) < 4.78 is 0. The van der Waals surface area contributed by atoms with E-state index in [2.05, 4.69) is 34.0 Å². The van der Waals surface area contributed by atoms with Crippen LogP contribution in [0, 0.1) is 0 Å². The minimum absolute atomic E-state index is 0.225. The standard InChI is InChI=1S/C12H20N4O/c1-3-10-11(13-4-2)14-8-15-12(10)16-6-5-9(17)7-16/h8-9,17H,3-7H2,1-2H3,(H,13,14,15). The van der Waals surface area contributed by atoms with Crippen LogP contribution in [0.3, 0.4) is 0 Å². The first-order chi connectivity index (χ1) is 8.26. The Labute approximate surface area is 102 Å². The summed E-state index contributed by atoms with van der Waals surface area (Å²) in [5, 5.41) is 12.9. The molecule has 2 heterocycles. The van der Waals surface area contributed by atoms with Crippen LogP contribution in [0.25, 0.3) is 0 Å². The van der Waals surface area contributed by atoms with Crippen LogP contribution in [0.5, 0.6) is 0 Å². The van der Waals surface area contributed by atoms with Gasteiger partial charge in [0.05, 0.1) is 6.10 Å². The lowest BCUT2D eigenvalue weighted by Gasteiger charge is -2.21. The average Bonchev–Trinajstić information content (AvgIpc) is 2.76. The van der Waals surface area contributed by atoms with Crippen molar-refractivity contribution in [3.05, 3.63) is 11.9 Å². The summed E-state index contributed by atoms with van der Waals surface area (Å²) in [5.74, 6) is 1.89. The average molecular weight is 236 g/mol. The second-order valence-electron chi connectivity index (χ2n) is 4.30. The highest BCUT2D eigenvalue weighted by atomic mass is 16.3. The molecule has 2 rings (SSSR count). The lowest BCUT2D eigenvalue weighted by atomic mass is 10.2. The van der Waals surface area contributed by atoms with Gasteiger partial charge in [-0.05, 0) is 19.8 Å². The first kappa shape index (κ1) is 12.1. The van der Waals surface area contributed by atoms with E-state index in [1.807, 2.05) is 0 Å². The topological polar surface area (TPSA) is 61.3 Å². The van der Waals surface area contributed by atoms with Crippen molar-refractivity contribution in [2.24, 2.45) is 0 Å². The van der Waals surface area contributed by atoms with Crippen molar-refractivity contribution < 1.29 is 5.11 Å². The van der Waals surface area contributed by atoms with E-state index in [0.717, 1.165) is 43.1 Å². The number of aliphatic hydroxyl groups is 1. The van der Waals surface area contributed by atoms with Crippen LogP contribution >= 0.6 is 0 Å². The lowest BCUT2D eigenvalue weighted by molar-refractivity contribution is 0.198. The Bertz CT molecular complexity index is 383. The van der Waals surface area contributed by atoms with Crippen molar-refractivity contribution in [2.75, 3.05) is 29.9 Å². The fourth-order valence-corrected chi connectivity index (χ4v) is 2.26. The summed E-state index contributed by atoms with van der Waals surface area (Å²) >= 11 is 0. The number of aromatic nitrogens is 2. The molecule has 0 amide bonds. The van der Waals surface area contributed by atoms with E-state index >= 15 is 0 Å². The van der Waals surface area contributed by atoms with Crippen LogP contribution in [-0.2, 0) is 6.42 Å². The summed E-state index contributed by atoms with van der Waals surface area (Å²) in [5.41, 5.74) is 1.14. The summed E-state index contributed by atoms with van der Waals surface area (Å²) in [7, 11) is 0. The third-order valence-corrected chi connectivity index (χ3v) is 3.08. The van der Waals surface area contributed by atoms with Gasteiger partial charge in [0.25, 0.3) is 0 Å². The smallest absolute Gasteiger partial charge is 0.137 e. The van der Waals surface area contributed by atoms with Gasteiger partial charge in [0, 0.05) is 25.2 Å². The lowest BCUT2D eigenvalue weighted by Crippen LogP contribution is -2.24. The zero-order chi connectivity index (χ0) is 12.3. The predicted molar refractivity (Wildman–Crippen MR) is 68.4 cm³/mol. The highest BCUT2D eigenvalue weighted by Crippen LogP contribution is 2.26. The molecule has 17 heavy (non-hydrogen) atoms. The minimum atomic E-state index is -0.225. The number of nitrogens with zero attached hydrogens (tertiary/aromatic N) is 3. The quantitative estimate of drug-likeness (QED) is 0.818. The molecule has 1 atom stereocenters. The van der Waals surface area contributed by atoms with Crippen LogP contribution in [-0.4, -0.2) is 40.8 Å². The van der Waals surface area contributed by atoms with Crippen molar-refractivity contribution >= 4 is 11.6 Å². The zero-order valence-corrected chi connectivity index (χ0v) is 10.5. The van der Waals surface area contributed by atoms with Gasteiger partial charge in [0.2, 0.25) is 0 Å². The summed E-state index contributed by atoms with van der Waals surface area (Å²) in [6, 6.07) is 0. The van der Waals surface area contributed by atoms with Gasteiger partial charge in [-0.1, -0.05) is 6.92 Å². The Morgan fingerprint density at radius 1 is 1.47 bits per heavy atom. The number of hydrogen-bond donors (Lipinski definition) is 2. The Hall–Kier alpha value is -1.36. The van der Waals surface area contributed by atoms with E-state index < -0.39 is 0 Å². The van der Waals surface area contributed by atoms with Crippen molar-refractivity contribution in [3.8, 4) is 0 Å². The Kier molecular flexibility index (Phi) is 3.78. The molecule has 0 radical (unpaired) electrons.